The normalized spacial score (nSPS) is 10.2. The van der Waals surface area contributed by atoms with Crippen molar-refractivity contribution in [2.24, 2.45) is 5.73 Å². The van der Waals surface area contributed by atoms with E-state index in [4.69, 9.17) is 10.8 Å². The monoisotopic (exact) mass is 193 g/mol. The van der Waals surface area contributed by atoms with E-state index in [1.807, 2.05) is 19.9 Å². The maximum Gasteiger partial charge on any atom is 0.335 e. The molecule has 0 spiro atoms. The number of aryl methyl sites for hydroxylation is 1. The molecule has 0 atom stereocenters. The zero-order chi connectivity index (χ0) is 10.7. The topological polar surface area (TPSA) is 63.3 Å². The van der Waals surface area contributed by atoms with E-state index in [0.29, 0.717) is 12.1 Å². The number of benzene rings is 1. The van der Waals surface area contributed by atoms with Gasteiger partial charge in [-0.05, 0) is 49.6 Å². The van der Waals surface area contributed by atoms with Crippen LogP contribution in [0.25, 0.3) is 0 Å². The van der Waals surface area contributed by atoms with Crippen molar-refractivity contribution in [1.29, 1.82) is 0 Å². The summed E-state index contributed by atoms with van der Waals surface area (Å²) in [5.41, 5.74) is 8.64. The minimum atomic E-state index is -0.871. The van der Waals surface area contributed by atoms with Crippen LogP contribution < -0.4 is 5.73 Å². The number of hydrogen-bond donors (Lipinski definition) is 2. The van der Waals surface area contributed by atoms with Crippen molar-refractivity contribution in [2.75, 3.05) is 6.54 Å². The Balaban J connectivity index is 3.21. The van der Waals surface area contributed by atoms with E-state index in [0.717, 1.165) is 23.1 Å². The van der Waals surface area contributed by atoms with Crippen molar-refractivity contribution in [3.8, 4) is 0 Å². The molecule has 3 N–H and O–H groups in total. The molecule has 3 nitrogen and oxygen atoms in total. The Kier molecular flexibility index (Phi) is 3.25. The summed E-state index contributed by atoms with van der Waals surface area (Å²) in [6.07, 6.45) is 0.724. The molecule has 0 unspecified atom stereocenters. The molecule has 0 fully saturated rings. The van der Waals surface area contributed by atoms with Crippen molar-refractivity contribution in [3.05, 3.63) is 34.4 Å². The number of hydrogen-bond acceptors (Lipinski definition) is 2. The lowest BCUT2D eigenvalue weighted by Crippen LogP contribution is -2.07. The first-order chi connectivity index (χ1) is 6.56. The van der Waals surface area contributed by atoms with E-state index in [1.54, 1.807) is 6.07 Å². The molecule has 14 heavy (non-hydrogen) atoms. The van der Waals surface area contributed by atoms with Gasteiger partial charge in [0, 0.05) is 0 Å². The van der Waals surface area contributed by atoms with Gasteiger partial charge in [-0.1, -0.05) is 6.07 Å². The van der Waals surface area contributed by atoms with Gasteiger partial charge in [0.05, 0.1) is 5.56 Å². The van der Waals surface area contributed by atoms with Gasteiger partial charge in [-0.25, -0.2) is 4.79 Å². The van der Waals surface area contributed by atoms with Crippen LogP contribution in [0.2, 0.25) is 0 Å². The third-order valence-corrected chi connectivity index (χ3v) is 2.39. The van der Waals surface area contributed by atoms with E-state index >= 15 is 0 Å². The smallest absolute Gasteiger partial charge is 0.335 e. The number of carboxylic acids is 1. The highest BCUT2D eigenvalue weighted by Gasteiger charge is 2.10. The largest absolute Gasteiger partial charge is 0.478 e. The minimum absolute atomic E-state index is 0.383. The molecule has 0 aliphatic heterocycles. The summed E-state index contributed by atoms with van der Waals surface area (Å²) in [5.74, 6) is -0.871. The molecular weight excluding hydrogens is 178 g/mol. The summed E-state index contributed by atoms with van der Waals surface area (Å²) in [4.78, 5) is 10.9. The Morgan fingerprint density at radius 2 is 2.07 bits per heavy atom. The highest BCUT2D eigenvalue weighted by Crippen LogP contribution is 2.16. The Hall–Kier alpha value is -1.35. The second kappa shape index (κ2) is 4.24. The number of nitrogens with two attached hydrogens (primary N) is 1. The lowest BCUT2D eigenvalue weighted by atomic mass is 9.98. The van der Waals surface area contributed by atoms with Crippen LogP contribution in [0.1, 0.15) is 27.0 Å². The standard InChI is InChI=1S/C11H15NO2/c1-7-5-9(3-4-12)6-10(8(7)2)11(13)14/h5-6H,3-4,12H2,1-2H3,(H,13,14). The molecule has 3 heteroatoms. The van der Waals surface area contributed by atoms with Crippen LogP contribution in [0.3, 0.4) is 0 Å². The third-order valence-electron chi connectivity index (χ3n) is 2.39. The molecule has 1 aromatic rings. The lowest BCUT2D eigenvalue weighted by molar-refractivity contribution is 0.0696. The molecule has 0 aromatic heterocycles. The van der Waals surface area contributed by atoms with Crippen LogP contribution in [0.15, 0.2) is 12.1 Å². The Morgan fingerprint density at radius 3 is 2.57 bits per heavy atom. The fraction of sp³-hybridized carbons (Fsp3) is 0.364. The van der Waals surface area contributed by atoms with Crippen molar-refractivity contribution in [1.82, 2.24) is 0 Å². The van der Waals surface area contributed by atoms with Gasteiger partial charge in [-0.15, -0.1) is 0 Å². The van der Waals surface area contributed by atoms with Gasteiger partial charge in [0.1, 0.15) is 0 Å². The van der Waals surface area contributed by atoms with E-state index in [9.17, 15) is 4.79 Å². The quantitative estimate of drug-likeness (QED) is 0.764. The summed E-state index contributed by atoms with van der Waals surface area (Å²) in [7, 11) is 0. The zero-order valence-corrected chi connectivity index (χ0v) is 8.50. The second-order valence-electron chi connectivity index (χ2n) is 3.43. The first-order valence-corrected chi connectivity index (χ1v) is 4.59. The SMILES string of the molecule is Cc1cc(CCN)cc(C(=O)O)c1C. The molecule has 0 saturated heterocycles. The summed E-state index contributed by atoms with van der Waals surface area (Å²) in [5, 5.41) is 8.95. The summed E-state index contributed by atoms with van der Waals surface area (Å²) in [6.45, 7) is 4.29. The van der Waals surface area contributed by atoms with Gasteiger partial charge in [-0.3, -0.25) is 0 Å². The van der Waals surface area contributed by atoms with Crippen LogP contribution in [0, 0.1) is 13.8 Å². The molecule has 0 aliphatic carbocycles. The number of carboxylic acid groups (broad SMARTS) is 1. The van der Waals surface area contributed by atoms with E-state index < -0.39 is 5.97 Å². The number of rotatable bonds is 3. The van der Waals surface area contributed by atoms with Crippen LogP contribution >= 0.6 is 0 Å². The van der Waals surface area contributed by atoms with Gasteiger partial charge < -0.3 is 10.8 Å². The van der Waals surface area contributed by atoms with Gasteiger partial charge in [0.25, 0.3) is 0 Å². The molecule has 0 radical (unpaired) electrons. The third kappa shape index (κ3) is 2.12. The van der Waals surface area contributed by atoms with E-state index in [-0.39, 0.29) is 0 Å². The molecule has 0 bridgehead atoms. The van der Waals surface area contributed by atoms with E-state index in [1.165, 1.54) is 0 Å². The molecule has 0 aliphatic rings. The first-order valence-electron chi connectivity index (χ1n) is 4.59. The zero-order valence-electron chi connectivity index (χ0n) is 8.50. The summed E-state index contributed by atoms with van der Waals surface area (Å²) < 4.78 is 0. The molecule has 0 amide bonds. The highest BCUT2D eigenvalue weighted by atomic mass is 16.4. The average Bonchev–Trinajstić information content (AvgIpc) is 2.11. The Morgan fingerprint density at radius 1 is 1.43 bits per heavy atom. The van der Waals surface area contributed by atoms with Crippen molar-refractivity contribution >= 4 is 5.97 Å². The maximum atomic E-state index is 10.9. The minimum Gasteiger partial charge on any atom is -0.478 e. The molecule has 1 rings (SSSR count). The van der Waals surface area contributed by atoms with Gasteiger partial charge >= 0.3 is 5.97 Å². The van der Waals surface area contributed by atoms with Gasteiger partial charge in [-0.2, -0.15) is 0 Å². The van der Waals surface area contributed by atoms with Crippen molar-refractivity contribution in [3.63, 3.8) is 0 Å². The molecule has 76 valence electrons. The van der Waals surface area contributed by atoms with Crippen molar-refractivity contribution < 1.29 is 9.90 Å². The van der Waals surface area contributed by atoms with E-state index in [2.05, 4.69) is 0 Å². The highest BCUT2D eigenvalue weighted by molar-refractivity contribution is 5.90. The Bertz CT molecular complexity index is 359. The molecule has 0 saturated carbocycles. The van der Waals surface area contributed by atoms with Crippen LogP contribution in [-0.2, 0) is 6.42 Å². The molecule has 0 heterocycles. The second-order valence-corrected chi connectivity index (χ2v) is 3.43. The molecular formula is C11H15NO2. The average molecular weight is 193 g/mol. The lowest BCUT2D eigenvalue weighted by Gasteiger charge is -2.08. The van der Waals surface area contributed by atoms with Crippen molar-refractivity contribution in [2.45, 2.75) is 20.3 Å². The van der Waals surface area contributed by atoms with Gasteiger partial charge in [0.15, 0.2) is 0 Å². The Labute approximate surface area is 83.6 Å². The predicted octanol–water partition coefficient (Wildman–Crippen LogP) is 1.50. The first kappa shape index (κ1) is 10.7. The predicted molar refractivity (Wildman–Crippen MR) is 55.6 cm³/mol. The van der Waals surface area contributed by atoms with Crippen LogP contribution in [0.4, 0.5) is 0 Å². The van der Waals surface area contributed by atoms with Crippen LogP contribution in [0.5, 0.6) is 0 Å². The number of carbonyl (C=O) groups is 1. The summed E-state index contributed by atoms with van der Waals surface area (Å²) >= 11 is 0. The van der Waals surface area contributed by atoms with Gasteiger partial charge in [0.2, 0.25) is 0 Å². The fourth-order valence-electron chi connectivity index (χ4n) is 1.47. The maximum absolute atomic E-state index is 10.9. The summed E-state index contributed by atoms with van der Waals surface area (Å²) in [6, 6.07) is 3.70. The molecule has 1 aromatic carbocycles. The fourth-order valence-corrected chi connectivity index (χ4v) is 1.47. The number of aromatic carboxylic acids is 1. The van der Waals surface area contributed by atoms with Crippen LogP contribution in [-0.4, -0.2) is 17.6 Å².